The number of carbonyl (C=O) groups is 1. The van der Waals surface area contributed by atoms with Gasteiger partial charge in [-0.25, -0.2) is 0 Å². The van der Waals surface area contributed by atoms with Crippen molar-refractivity contribution in [1.29, 1.82) is 0 Å². The Bertz CT molecular complexity index is 450. The number of benzene rings is 1. The fourth-order valence-electron chi connectivity index (χ4n) is 1.86. The van der Waals surface area contributed by atoms with Gasteiger partial charge >= 0.3 is 5.97 Å². The van der Waals surface area contributed by atoms with Crippen LogP contribution >= 0.6 is 0 Å². The van der Waals surface area contributed by atoms with E-state index in [2.05, 4.69) is 20.8 Å². The van der Waals surface area contributed by atoms with Crippen LogP contribution in [0.4, 0.5) is 0 Å². The SMILES string of the molecule is Cc1cc(C(C)(C)C)ccc1C(N)C(N)C(=O)O. The molecule has 1 aromatic rings. The zero-order valence-corrected chi connectivity index (χ0v) is 11.4. The summed E-state index contributed by atoms with van der Waals surface area (Å²) in [6.45, 7) is 8.32. The third-order valence-electron chi connectivity index (χ3n) is 3.17. The minimum atomic E-state index is -1.08. The molecule has 0 fully saturated rings. The van der Waals surface area contributed by atoms with E-state index in [-0.39, 0.29) is 5.41 Å². The number of carboxylic acid groups (broad SMARTS) is 1. The second-order valence-electron chi connectivity index (χ2n) is 5.71. The van der Waals surface area contributed by atoms with Crippen LogP contribution in [0.15, 0.2) is 18.2 Å². The first kappa shape index (κ1) is 14.7. The number of aliphatic carboxylic acids is 1. The van der Waals surface area contributed by atoms with Gasteiger partial charge in [-0.05, 0) is 29.0 Å². The minimum absolute atomic E-state index is 0.0578. The Hall–Kier alpha value is -1.39. The van der Waals surface area contributed by atoms with Crippen molar-refractivity contribution in [1.82, 2.24) is 0 Å². The zero-order chi connectivity index (χ0) is 14.1. The lowest BCUT2D eigenvalue weighted by Gasteiger charge is -2.23. The highest BCUT2D eigenvalue weighted by atomic mass is 16.4. The fraction of sp³-hybridized carbons (Fsp3) is 0.500. The molecule has 0 aromatic heterocycles. The van der Waals surface area contributed by atoms with Crippen LogP contribution in [0, 0.1) is 6.92 Å². The summed E-state index contributed by atoms with van der Waals surface area (Å²) in [5, 5.41) is 8.88. The number of carboxylic acids is 1. The molecular formula is C14H22N2O2. The molecular weight excluding hydrogens is 228 g/mol. The second kappa shape index (κ2) is 5.08. The Morgan fingerprint density at radius 2 is 1.83 bits per heavy atom. The molecule has 5 N–H and O–H groups in total. The van der Waals surface area contributed by atoms with E-state index in [0.717, 1.165) is 11.1 Å². The molecule has 4 nitrogen and oxygen atoms in total. The van der Waals surface area contributed by atoms with Gasteiger partial charge in [0.15, 0.2) is 0 Å². The topological polar surface area (TPSA) is 89.3 Å². The summed E-state index contributed by atoms with van der Waals surface area (Å²) < 4.78 is 0. The van der Waals surface area contributed by atoms with Crippen molar-refractivity contribution in [2.75, 3.05) is 0 Å². The van der Waals surface area contributed by atoms with Crippen LogP contribution in [-0.2, 0) is 10.2 Å². The van der Waals surface area contributed by atoms with Gasteiger partial charge in [0.2, 0.25) is 0 Å². The molecule has 0 bridgehead atoms. The summed E-state index contributed by atoms with van der Waals surface area (Å²) in [7, 11) is 0. The smallest absolute Gasteiger partial charge is 0.322 e. The molecule has 2 atom stereocenters. The summed E-state index contributed by atoms with van der Waals surface area (Å²) in [5.41, 5.74) is 14.5. The standard InChI is InChI=1S/C14H22N2O2/c1-8-7-9(14(2,3)4)5-6-10(8)11(15)12(16)13(17)18/h5-7,11-12H,15-16H2,1-4H3,(H,17,18). The molecule has 18 heavy (non-hydrogen) atoms. The van der Waals surface area contributed by atoms with Gasteiger partial charge in [0.1, 0.15) is 6.04 Å². The Morgan fingerprint density at radius 1 is 1.28 bits per heavy atom. The van der Waals surface area contributed by atoms with Gasteiger partial charge in [0, 0.05) is 0 Å². The molecule has 100 valence electrons. The molecule has 0 saturated heterocycles. The predicted molar refractivity (Wildman–Crippen MR) is 72.4 cm³/mol. The number of hydrogen-bond donors (Lipinski definition) is 3. The summed E-state index contributed by atoms with van der Waals surface area (Å²) in [6, 6.07) is 4.14. The van der Waals surface area contributed by atoms with Crippen molar-refractivity contribution >= 4 is 5.97 Å². The summed E-state index contributed by atoms with van der Waals surface area (Å²) >= 11 is 0. The van der Waals surface area contributed by atoms with E-state index >= 15 is 0 Å². The van der Waals surface area contributed by atoms with Crippen LogP contribution < -0.4 is 11.5 Å². The Kier molecular flexibility index (Phi) is 4.14. The highest BCUT2D eigenvalue weighted by molar-refractivity contribution is 5.74. The van der Waals surface area contributed by atoms with Crippen LogP contribution in [0.3, 0.4) is 0 Å². The molecule has 4 heteroatoms. The van der Waals surface area contributed by atoms with Crippen molar-refractivity contribution in [3.63, 3.8) is 0 Å². The summed E-state index contributed by atoms with van der Waals surface area (Å²) in [5.74, 6) is -1.08. The van der Waals surface area contributed by atoms with Crippen LogP contribution in [-0.4, -0.2) is 17.1 Å². The summed E-state index contributed by atoms with van der Waals surface area (Å²) in [6.07, 6.45) is 0. The molecule has 0 spiro atoms. The average molecular weight is 250 g/mol. The van der Waals surface area contributed by atoms with Gasteiger partial charge in [-0.15, -0.1) is 0 Å². The maximum Gasteiger partial charge on any atom is 0.322 e. The molecule has 1 rings (SSSR count). The van der Waals surface area contributed by atoms with E-state index in [9.17, 15) is 4.79 Å². The highest BCUT2D eigenvalue weighted by Gasteiger charge is 2.24. The first-order valence-corrected chi connectivity index (χ1v) is 5.99. The molecule has 0 radical (unpaired) electrons. The van der Waals surface area contributed by atoms with Crippen molar-refractivity contribution in [2.45, 2.75) is 45.2 Å². The number of nitrogens with two attached hydrogens (primary N) is 2. The van der Waals surface area contributed by atoms with E-state index in [1.54, 1.807) is 0 Å². The Morgan fingerprint density at radius 3 is 2.22 bits per heavy atom. The van der Waals surface area contributed by atoms with Crippen molar-refractivity contribution in [2.24, 2.45) is 11.5 Å². The Balaban J connectivity index is 3.10. The second-order valence-corrected chi connectivity index (χ2v) is 5.71. The molecule has 1 aromatic carbocycles. The molecule has 2 unspecified atom stereocenters. The molecule has 0 aliphatic rings. The van der Waals surface area contributed by atoms with E-state index in [0.29, 0.717) is 0 Å². The van der Waals surface area contributed by atoms with Crippen molar-refractivity contribution in [3.8, 4) is 0 Å². The van der Waals surface area contributed by atoms with E-state index in [4.69, 9.17) is 16.6 Å². The molecule has 0 heterocycles. The fourth-order valence-corrected chi connectivity index (χ4v) is 1.86. The van der Waals surface area contributed by atoms with Gasteiger partial charge in [-0.3, -0.25) is 4.79 Å². The monoisotopic (exact) mass is 250 g/mol. The maximum absolute atomic E-state index is 10.8. The van der Waals surface area contributed by atoms with Crippen LogP contribution in [0.2, 0.25) is 0 Å². The van der Waals surface area contributed by atoms with E-state index in [1.807, 2.05) is 25.1 Å². The predicted octanol–water partition coefficient (Wildman–Crippen LogP) is 1.70. The van der Waals surface area contributed by atoms with Gasteiger partial charge in [-0.1, -0.05) is 39.0 Å². The van der Waals surface area contributed by atoms with Crippen LogP contribution in [0.5, 0.6) is 0 Å². The van der Waals surface area contributed by atoms with E-state index in [1.165, 1.54) is 5.56 Å². The lowest BCUT2D eigenvalue weighted by atomic mass is 9.84. The molecule has 0 aliphatic heterocycles. The van der Waals surface area contributed by atoms with E-state index < -0.39 is 18.1 Å². The molecule has 0 aliphatic carbocycles. The third-order valence-corrected chi connectivity index (χ3v) is 3.17. The Labute approximate surface area is 108 Å². The van der Waals surface area contributed by atoms with Gasteiger partial charge in [0.25, 0.3) is 0 Å². The largest absolute Gasteiger partial charge is 0.480 e. The maximum atomic E-state index is 10.8. The normalized spacial score (nSPS) is 15.2. The van der Waals surface area contributed by atoms with Gasteiger partial charge in [0.05, 0.1) is 6.04 Å². The highest BCUT2D eigenvalue weighted by Crippen LogP contribution is 2.26. The number of rotatable bonds is 3. The molecule has 0 saturated carbocycles. The van der Waals surface area contributed by atoms with Gasteiger partial charge in [-0.2, -0.15) is 0 Å². The number of hydrogen-bond acceptors (Lipinski definition) is 3. The first-order chi connectivity index (χ1) is 8.14. The lowest BCUT2D eigenvalue weighted by molar-refractivity contribution is -0.139. The third kappa shape index (κ3) is 3.09. The summed E-state index contributed by atoms with van der Waals surface area (Å²) in [4.78, 5) is 10.8. The first-order valence-electron chi connectivity index (χ1n) is 5.99. The molecule has 0 amide bonds. The van der Waals surface area contributed by atoms with Crippen molar-refractivity contribution < 1.29 is 9.90 Å². The zero-order valence-electron chi connectivity index (χ0n) is 11.4. The van der Waals surface area contributed by atoms with Crippen LogP contribution in [0.25, 0.3) is 0 Å². The van der Waals surface area contributed by atoms with Crippen LogP contribution in [0.1, 0.15) is 43.5 Å². The van der Waals surface area contributed by atoms with Crippen molar-refractivity contribution in [3.05, 3.63) is 34.9 Å². The lowest BCUT2D eigenvalue weighted by Crippen LogP contribution is -2.41. The minimum Gasteiger partial charge on any atom is -0.480 e. The quantitative estimate of drug-likeness (QED) is 0.761. The van der Waals surface area contributed by atoms with Gasteiger partial charge < -0.3 is 16.6 Å². The average Bonchev–Trinajstić information content (AvgIpc) is 2.25. The number of aryl methyl sites for hydroxylation is 1.